The van der Waals surface area contributed by atoms with E-state index in [0.29, 0.717) is 4.90 Å². The highest BCUT2D eigenvalue weighted by Gasteiger charge is 2.20. The molecule has 3 rings (SSSR count). The number of rotatable bonds is 8. The Bertz CT molecular complexity index is 1170. The first-order chi connectivity index (χ1) is 15.4. The molecule has 0 saturated carbocycles. The Hall–Kier alpha value is -3.70. The Labute approximate surface area is 191 Å². The second-order valence-corrected chi connectivity index (χ2v) is 7.30. The molecule has 0 aliphatic carbocycles. The van der Waals surface area contributed by atoms with Gasteiger partial charge in [-0.3, -0.25) is 10.1 Å². The normalized spacial score (nSPS) is 10.7. The average molecular weight is 475 g/mol. The van der Waals surface area contributed by atoms with Gasteiger partial charge in [-0.1, -0.05) is 35.0 Å². The minimum Gasteiger partial charge on any atom is -0.481 e. The minimum atomic E-state index is -0.859. The van der Waals surface area contributed by atoms with Crippen LogP contribution in [0.4, 0.5) is 5.69 Å². The molecule has 0 saturated heterocycles. The van der Waals surface area contributed by atoms with Crippen molar-refractivity contribution in [2.45, 2.75) is 10.1 Å². The van der Waals surface area contributed by atoms with Crippen LogP contribution in [0.5, 0.6) is 11.8 Å². The summed E-state index contributed by atoms with van der Waals surface area (Å²) in [5, 5.41) is 15.0. The van der Waals surface area contributed by atoms with E-state index in [1.165, 1.54) is 44.6 Å². The van der Waals surface area contributed by atoms with Crippen LogP contribution in [0.15, 0.2) is 63.7 Å². The van der Waals surface area contributed by atoms with Crippen LogP contribution in [0.2, 0.25) is 5.02 Å². The minimum absolute atomic E-state index is 0.0317. The summed E-state index contributed by atoms with van der Waals surface area (Å²) in [7, 11) is 2.90. The third-order valence-electron chi connectivity index (χ3n) is 3.92. The van der Waals surface area contributed by atoms with E-state index in [2.05, 4.69) is 15.1 Å². The first-order valence-electron chi connectivity index (χ1n) is 8.84. The van der Waals surface area contributed by atoms with Gasteiger partial charge in [-0.25, -0.2) is 4.79 Å². The summed E-state index contributed by atoms with van der Waals surface area (Å²) in [4.78, 5) is 37.0. The second-order valence-electron chi connectivity index (χ2n) is 5.88. The number of benzene rings is 2. The van der Waals surface area contributed by atoms with Gasteiger partial charge in [-0.2, -0.15) is 9.97 Å². The van der Waals surface area contributed by atoms with Gasteiger partial charge in [0.05, 0.1) is 47.6 Å². The van der Waals surface area contributed by atoms with Crippen LogP contribution in [0.25, 0.3) is 0 Å². The molecule has 0 radical (unpaired) electrons. The molecule has 164 valence electrons. The number of hydrogen-bond acceptors (Lipinski definition) is 10. The molecular formula is C20H15ClN4O6S. The molecule has 32 heavy (non-hydrogen) atoms. The fraction of sp³-hybridized carbons (Fsp3) is 0.100. The van der Waals surface area contributed by atoms with Gasteiger partial charge in [0.25, 0.3) is 5.69 Å². The van der Waals surface area contributed by atoms with Gasteiger partial charge in [-0.05, 0) is 30.0 Å². The number of halogens is 1. The van der Waals surface area contributed by atoms with Crippen LogP contribution < -0.4 is 9.47 Å². The van der Waals surface area contributed by atoms with Gasteiger partial charge in [0, 0.05) is 11.0 Å². The maximum Gasteiger partial charge on any atom is 0.368 e. The van der Waals surface area contributed by atoms with Crippen molar-refractivity contribution in [3.05, 3.63) is 74.8 Å². The van der Waals surface area contributed by atoms with Crippen molar-refractivity contribution in [2.75, 3.05) is 14.2 Å². The largest absolute Gasteiger partial charge is 0.481 e. The van der Waals surface area contributed by atoms with Gasteiger partial charge in [0.2, 0.25) is 11.8 Å². The number of carbonyl (C=O) groups excluding carboxylic acids is 1. The first kappa shape index (κ1) is 23.0. The lowest BCUT2D eigenvalue weighted by Gasteiger charge is -2.09. The molecule has 0 aliphatic rings. The fourth-order valence-corrected chi connectivity index (χ4v) is 3.68. The van der Waals surface area contributed by atoms with Crippen molar-refractivity contribution in [1.82, 2.24) is 9.97 Å². The topological polar surface area (TPSA) is 126 Å². The Kier molecular flexibility index (Phi) is 7.58. The van der Waals surface area contributed by atoms with Crippen LogP contribution in [-0.4, -0.2) is 41.3 Å². The van der Waals surface area contributed by atoms with E-state index >= 15 is 0 Å². The Balaban J connectivity index is 1.85. The van der Waals surface area contributed by atoms with Crippen molar-refractivity contribution in [3.63, 3.8) is 0 Å². The molecule has 0 N–H and O–H groups in total. The molecule has 0 atom stereocenters. The monoisotopic (exact) mass is 474 g/mol. The highest BCUT2D eigenvalue weighted by Crippen LogP contribution is 2.34. The molecule has 0 aliphatic heterocycles. The predicted molar refractivity (Wildman–Crippen MR) is 117 cm³/mol. The van der Waals surface area contributed by atoms with Crippen LogP contribution in [0.1, 0.15) is 15.9 Å². The molecule has 1 heterocycles. The second kappa shape index (κ2) is 10.6. The highest BCUT2D eigenvalue weighted by molar-refractivity contribution is 7.99. The summed E-state index contributed by atoms with van der Waals surface area (Å²) in [6, 6.07) is 12.2. The van der Waals surface area contributed by atoms with Crippen LogP contribution in [0.3, 0.4) is 0 Å². The number of oxime groups is 1. The number of nitrogens with zero attached hydrogens (tertiary/aromatic N) is 4. The maximum absolute atomic E-state index is 12.7. The summed E-state index contributed by atoms with van der Waals surface area (Å²) in [5.74, 6) is -0.304. The standard InChI is InChI=1S/C20H15ClN4O6S/c1-29-16-10-17(30-2)24-20(23-16)32-15-9-5-7-13(21)18(15)19(26)31-22-11-12-6-3-4-8-14(12)25(27)28/h3-11H,1-2H3/b22-11+. The van der Waals surface area contributed by atoms with Gasteiger partial charge < -0.3 is 14.3 Å². The van der Waals surface area contributed by atoms with Crippen molar-refractivity contribution >= 4 is 41.2 Å². The summed E-state index contributed by atoms with van der Waals surface area (Å²) < 4.78 is 10.3. The zero-order valence-corrected chi connectivity index (χ0v) is 18.3. The highest BCUT2D eigenvalue weighted by atomic mass is 35.5. The number of methoxy groups -OCH3 is 2. The van der Waals surface area contributed by atoms with Crippen molar-refractivity contribution < 1.29 is 24.0 Å². The van der Waals surface area contributed by atoms with Crippen molar-refractivity contribution in [3.8, 4) is 11.8 Å². The summed E-state index contributed by atoms with van der Waals surface area (Å²) >= 11 is 7.27. The number of hydrogen-bond donors (Lipinski definition) is 0. The van der Waals surface area contributed by atoms with Crippen molar-refractivity contribution in [2.24, 2.45) is 5.16 Å². The molecule has 3 aromatic rings. The molecule has 1 aromatic heterocycles. The SMILES string of the molecule is COc1cc(OC)nc(Sc2cccc(Cl)c2C(=O)O/N=C/c2ccccc2[N+](=O)[O-])n1. The van der Waals surface area contributed by atoms with Crippen LogP contribution in [-0.2, 0) is 4.84 Å². The maximum atomic E-state index is 12.7. The molecule has 2 aromatic carbocycles. The van der Waals surface area contributed by atoms with Crippen LogP contribution >= 0.6 is 23.4 Å². The molecule has 0 spiro atoms. The van der Waals surface area contributed by atoms with E-state index in [1.807, 2.05) is 0 Å². The van der Waals surface area contributed by atoms with E-state index in [-0.39, 0.29) is 38.8 Å². The molecule has 0 bridgehead atoms. The quantitative estimate of drug-likeness (QED) is 0.153. The number of aromatic nitrogens is 2. The Morgan fingerprint density at radius 3 is 2.47 bits per heavy atom. The lowest BCUT2D eigenvalue weighted by molar-refractivity contribution is -0.385. The lowest BCUT2D eigenvalue weighted by atomic mass is 10.2. The van der Waals surface area contributed by atoms with Gasteiger partial charge in [0.15, 0.2) is 5.16 Å². The molecule has 10 nitrogen and oxygen atoms in total. The fourth-order valence-electron chi connectivity index (χ4n) is 2.46. The van der Waals surface area contributed by atoms with E-state index in [1.54, 1.807) is 18.2 Å². The molecule has 0 unspecified atom stereocenters. The number of nitro groups is 1. The zero-order valence-electron chi connectivity index (χ0n) is 16.7. The van der Waals surface area contributed by atoms with E-state index in [9.17, 15) is 14.9 Å². The third kappa shape index (κ3) is 5.50. The van der Waals surface area contributed by atoms with Gasteiger partial charge >= 0.3 is 5.97 Å². The zero-order chi connectivity index (χ0) is 23.1. The smallest absolute Gasteiger partial charge is 0.368 e. The number of ether oxygens (including phenoxy) is 2. The van der Waals surface area contributed by atoms with Gasteiger partial charge in [0.1, 0.15) is 0 Å². The van der Waals surface area contributed by atoms with E-state index in [0.717, 1.165) is 18.0 Å². The Morgan fingerprint density at radius 2 is 1.81 bits per heavy atom. The summed E-state index contributed by atoms with van der Waals surface area (Å²) in [6.07, 6.45) is 1.08. The lowest BCUT2D eigenvalue weighted by Crippen LogP contribution is -2.05. The molecule has 0 amide bonds. The summed E-state index contributed by atoms with van der Waals surface area (Å²) in [6.45, 7) is 0. The third-order valence-corrected chi connectivity index (χ3v) is 5.16. The average Bonchev–Trinajstić information content (AvgIpc) is 2.79. The van der Waals surface area contributed by atoms with Gasteiger partial charge in [-0.15, -0.1) is 0 Å². The predicted octanol–water partition coefficient (Wildman–Crippen LogP) is 4.40. The van der Waals surface area contributed by atoms with E-state index in [4.69, 9.17) is 25.9 Å². The first-order valence-corrected chi connectivity index (χ1v) is 10.0. The number of carbonyl (C=O) groups is 1. The molecule has 12 heteroatoms. The van der Waals surface area contributed by atoms with Crippen LogP contribution in [0, 0.1) is 10.1 Å². The van der Waals surface area contributed by atoms with E-state index < -0.39 is 10.9 Å². The van der Waals surface area contributed by atoms with Crippen molar-refractivity contribution in [1.29, 1.82) is 0 Å². The Morgan fingerprint density at radius 1 is 1.12 bits per heavy atom. The number of nitro benzene ring substituents is 1. The summed E-state index contributed by atoms with van der Waals surface area (Å²) in [5.41, 5.74) is 0.0330. The number of para-hydroxylation sites is 1. The molecular weight excluding hydrogens is 460 g/mol. The molecule has 0 fully saturated rings.